The average molecular weight is 297 g/mol. The van der Waals surface area contributed by atoms with Crippen LogP contribution in [0.5, 0.6) is 0 Å². The van der Waals surface area contributed by atoms with Crippen LogP contribution in [0.25, 0.3) is 0 Å². The molecule has 0 aliphatic carbocycles. The summed E-state index contributed by atoms with van der Waals surface area (Å²) in [6.45, 7) is 0.376. The first-order valence-electron chi connectivity index (χ1n) is 6.57. The van der Waals surface area contributed by atoms with Gasteiger partial charge in [0.15, 0.2) is 0 Å². The van der Waals surface area contributed by atoms with Crippen molar-refractivity contribution in [3.05, 3.63) is 24.5 Å². The topological polar surface area (TPSA) is 70.6 Å². The van der Waals surface area contributed by atoms with Crippen LogP contribution in [-0.4, -0.2) is 55.2 Å². The van der Waals surface area contributed by atoms with E-state index in [0.29, 0.717) is 13.0 Å². The molecule has 1 atom stereocenters. The third-order valence-corrected chi connectivity index (χ3v) is 5.31. The monoisotopic (exact) mass is 297 g/mol. The SMILES string of the molecule is CN(C)C(=O)[C@@H]1CCCCN1S(=O)(=O)c1cccnc1. The van der Waals surface area contributed by atoms with Crippen molar-refractivity contribution in [2.24, 2.45) is 0 Å². The van der Waals surface area contributed by atoms with E-state index in [-0.39, 0.29) is 10.8 Å². The van der Waals surface area contributed by atoms with Crippen molar-refractivity contribution in [2.45, 2.75) is 30.2 Å². The number of likely N-dealkylation sites (N-methyl/N-ethyl adjacent to an activating group) is 1. The number of hydrogen-bond donors (Lipinski definition) is 0. The summed E-state index contributed by atoms with van der Waals surface area (Å²) in [4.78, 5) is 17.6. The molecule has 6 nitrogen and oxygen atoms in total. The molecule has 0 spiro atoms. The molecule has 7 heteroatoms. The van der Waals surface area contributed by atoms with Crippen LogP contribution >= 0.6 is 0 Å². The first-order chi connectivity index (χ1) is 9.44. The molecule has 0 aromatic carbocycles. The maximum absolute atomic E-state index is 12.6. The largest absolute Gasteiger partial charge is 0.347 e. The summed E-state index contributed by atoms with van der Waals surface area (Å²) in [6.07, 6.45) is 5.05. The minimum absolute atomic E-state index is 0.137. The predicted molar refractivity (Wildman–Crippen MR) is 74.5 cm³/mol. The number of piperidine rings is 1. The van der Waals surface area contributed by atoms with Crippen molar-refractivity contribution in [3.63, 3.8) is 0 Å². The summed E-state index contributed by atoms with van der Waals surface area (Å²) in [7, 11) is -0.377. The van der Waals surface area contributed by atoms with Crippen molar-refractivity contribution in [3.8, 4) is 0 Å². The van der Waals surface area contributed by atoms with Crippen molar-refractivity contribution in [2.75, 3.05) is 20.6 Å². The fraction of sp³-hybridized carbons (Fsp3) is 0.538. The van der Waals surface area contributed by atoms with Gasteiger partial charge in [-0.2, -0.15) is 4.31 Å². The lowest BCUT2D eigenvalue weighted by molar-refractivity contribution is -0.133. The summed E-state index contributed by atoms with van der Waals surface area (Å²) in [5.74, 6) is -0.169. The number of sulfonamides is 1. The van der Waals surface area contributed by atoms with Gasteiger partial charge in [-0.15, -0.1) is 0 Å². The van der Waals surface area contributed by atoms with E-state index >= 15 is 0 Å². The van der Waals surface area contributed by atoms with Gasteiger partial charge in [0.1, 0.15) is 10.9 Å². The lowest BCUT2D eigenvalue weighted by atomic mass is 10.0. The van der Waals surface area contributed by atoms with Crippen molar-refractivity contribution < 1.29 is 13.2 Å². The number of amides is 1. The molecule has 2 rings (SSSR count). The highest BCUT2D eigenvalue weighted by molar-refractivity contribution is 7.89. The number of pyridine rings is 1. The molecule has 20 heavy (non-hydrogen) atoms. The summed E-state index contributed by atoms with van der Waals surface area (Å²) in [5.41, 5.74) is 0. The minimum atomic E-state index is -3.67. The summed E-state index contributed by atoms with van der Waals surface area (Å²) >= 11 is 0. The van der Waals surface area contributed by atoms with Crippen LogP contribution in [0, 0.1) is 0 Å². The molecule has 0 N–H and O–H groups in total. The maximum atomic E-state index is 12.6. The number of hydrogen-bond acceptors (Lipinski definition) is 4. The van der Waals surface area contributed by atoms with Gasteiger partial charge in [0, 0.05) is 33.0 Å². The van der Waals surface area contributed by atoms with Crippen LogP contribution < -0.4 is 0 Å². The van der Waals surface area contributed by atoms with E-state index in [4.69, 9.17) is 0 Å². The van der Waals surface area contributed by atoms with Gasteiger partial charge in [-0.25, -0.2) is 8.42 Å². The van der Waals surface area contributed by atoms with Gasteiger partial charge in [-0.3, -0.25) is 9.78 Å². The molecule has 1 aromatic heterocycles. The number of rotatable bonds is 3. The van der Waals surface area contributed by atoms with E-state index in [1.165, 1.54) is 27.7 Å². The zero-order valence-corrected chi connectivity index (χ0v) is 12.5. The first kappa shape index (κ1) is 14.9. The van der Waals surface area contributed by atoms with Crippen molar-refractivity contribution in [1.82, 2.24) is 14.2 Å². The van der Waals surface area contributed by atoms with Gasteiger partial charge in [0.2, 0.25) is 15.9 Å². The van der Waals surface area contributed by atoms with E-state index in [0.717, 1.165) is 12.8 Å². The molecule has 0 bridgehead atoms. The molecule has 0 saturated carbocycles. The second-order valence-electron chi connectivity index (χ2n) is 5.05. The number of carbonyl (C=O) groups is 1. The van der Waals surface area contributed by atoms with Gasteiger partial charge in [0.25, 0.3) is 0 Å². The number of nitrogens with zero attached hydrogens (tertiary/aromatic N) is 3. The number of carbonyl (C=O) groups excluding carboxylic acids is 1. The highest BCUT2D eigenvalue weighted by atomic mass is 32.2. The molecule has 110 valence electrons. The highest BCUT2D eigenvalue weighted by Crippen LogP contribution is 2.25. The maximum Gasteiger partial charge on any atom is 0.245 e. The molecule has 1 aromatic rings. The summed E-state index contributed by atoms with van der Waals surface area (Å²) in [5, 5.41) is 0. The summed E-state index contributed by atoms with van der Waals surface area (Å²) < 4.78 is 26.6. The van der Waals surface area contributed by atoms with Crippen LogP contribution in [0.3, 0.4) is 0 Å². The van der Waals surface area contributed by atoms with Crippen molar-refractivity contribution >= 4 is 15.9 Å². The second kappa shape index (κ2) is 5.88. The van der Waals surface area contributed by atoms with E-state index in [1.807, 2.05) is 0 Å². The standard InChI is InChI=1S/C13H19N3O3S/c1-15(2)13(17)12-7-3-4-9-16(12)20(18,19)11-6-5-8-14-10-11/h5-6,8,10,12H,3-4,7,9H2,1-2H3/t12-/m0/s1. The van der Waals surface area contributed by atoms with Gasteiger partial charge in [-0.1, -0.05) is 6.42 Å². The Labute approximate surface area is 119 Å². The average Bonchev–Trinajstić information content (AvgIpc) is 2.47. The summed E-state index contributed by atoms with van der Waals surface area (Å²) in [6, 6.07) is 2.48. The lowest BCUT2D eigenvalue weighted by Gasteiger charge is -2.34. The van der Waals surface area contributed by atoms with Crippen LogP contribution in [-0.2, 0) is 14.8 Å². The molecule has 0 radical (unpaired) electrons. The van der Waals surface area contributed by atoms with Crippen LogP contribution in [0.15, 0.2) is 29.4 Å². The third kappa shape index (κ3) is 2.83. The number of aromatic nitrogens is 1. The Hall–Kier alpha value is -1.47. The van der Waals surface area contributed by atoms with E-state index in [1.54, 1.807) is 20.2 Å². The molecule has 1 fully saturated rings. The highest BCUT2D eigenvalue weighted by Gasteiger charge is 2.38. The molecule has 1 aliphatic heterocycles. The van der Waals surface area contributed by atoms with Crippen LogP contribution in [0.4, 0.5) is 0 Å². The van der Waals surface area contributed by atoms with E-state index < -0.39 is 16.1 Å². The van der Waals surface area contributed by atoms with Crippen molar-refractivity contribution in [1.29, 1.82) is 0 Å². The molecular weight excluding hydrogens is 278 g/mol. The zero-order valence-electron chi connectivity index (χ0n) is 11.7. The quantitative estimate of drug-likeness (QED) is 0.824. The minimum Gasteiger partial charge on any atom is -0.347 e. The Morgan fingerprint density at radius 1 is 1.40 bits per heavy atom. The fourth-order valence-corrected chi connectivity index (χ4v) is 3.99. The van der Waals surface area contributed by atoms with Gasteiger partial charge >= 0.3 is 0 Å². The first-order valence-corrected chi connectivity index (χ1v) is 8.01. The van der Waals surface area contributed by atoms with Gasteiger partial charge in [-0.05, 0) is 25.0 Å². The van der Waals surface area contributed by atoms with Crippen LogP contribution in [0.2, 0.25) is 0 Å². The molecule has 1 amide bonds. The van der Waals surface area contributed by atoms with Gasteiger partial charge < -0.3 is 4.90 Å². The van der Waals surface area contributed by atoms with E-state index in [9.17, 15) is 13.2 Å². The molecule has 1 aliphatic rings. The molecular formula is C13H19N3O3S. The molecule has 1 saturated heterocycles. The molecule has 2 heterocycles. The third-order valence-electron chi connectivity index (χ3n) is 3.42. The smallest absolute Gasteiger partial charge is 0.245 e. The fourth-order valence-electron chi connectivity index (χ4n) is 2.37. The van der Waals surface area contributed by atoms with Gasteiger partial charge in [0.05, 0.1) is 0 Å². The van der Waals surface area contributed by atoms with Crippen LogP contribution in [0.1, 0.15) is 19.3 Å². The lowest BCUT2D eigenvalue weighted by Crippen LogP contribution is -2.51. The van der Waals surface area contributed by atoms with E-state index in [2.05, 4.69) is 4.98 Å². The Morgan fingerprint density at radius 2 is 2.15 bits per heavy atom. The zero-order chi connectivity index (χ0) is 14.8. The normalized spacial score (nSPS) is 20.6. The Kier molecular flexibility index (Phi) is 4.39. The Morgan fingerprint density at radius 3 is 2.75 bits per heavy atom. The Balaban J connectivity index is 2.35. The predicted octanol–water partition coefficient (Wildman–Crippen LogP) is 0.713. The molecule has 0 unspecified atom stereocenters. The Bertz CT molecular complexity index is 572. The second-order valence-corrected chi connectivity index (χ2v) is 6.94.